The van der Waals surface area contributed by atoms with Crippen molar-refractivity contribution in [1.82, 2.24) is 5.32 Å². The number of hydrogen-bond donors (Lipinski definition) is 2. The summed E-state index contributed by atoms with van der Waals surface area (Å²) in [7, 11) is 0. The summed E-state index contributed by atoms with van der Waals surface area (Å²) in [6, 6.07) is 3.62. The number of benzene rings is 1. The second kappa shape index (κ2) is 4.86. The first-order valence-corrected chi connectivity index (χ1v) is 4.47. The molecule has 0 unspecified atom stereocenters. The highest BCUT2D eigenvalue weighted by Crippen LogP contribution is 2.34. The second-order valence-electron chi connectivity index (χ2n) is 3.12. The van der Waals surface area contributed by atoms with Gasteiger partial charge in [0.2, 0.25) is 0 Å². The van der Waals surface area contributed by atoms with Gasteiger partial charge >= 0.3 is 6.18 Å². The van der Waals surface area contributed by atoms with Crippen molar-refractivity contribution in [1.29, 1.82) is 0 Å². The van der Waals surface area contributed by atoms with Crippen LogP contribution in [0.3, 0.4) is 0 Å². The fraction of sp³-hybridized carbons (Fsp3) is 0.200. The van der Waals surface area contributed by atoms with Crippen LogP contribution in [-0.4, -0.2) is 17.5 Å². The summed E-state index contributed by atoms with van der Waals surface area (Å²) < 4.78 is 37.3. The van der Waals surface area contributed by atoms with E-state index in [9.17, 15) is 18.0 Å². The molecule has 1 aromatic carbocycles. The number of nitrogens with one attached hydrogen (secondary N) is 1. The Labute approximate surface area is 94.1 Å². The van der Waals surface area contributed by atoms with Crippen molar-refractivity contribution in [3.8, 4) is 0 Å². The van der Waals surface area contributed by atoms with Gasteiger partial charge in [0.15, 0.2) is 0 Å². The zero-order valence-corrected chi connectivity index (χ0v) is 8.41. The third-order valence-corrected chi connectivity index (χ3v) is 2.15. The largest absolute Gasteiger partial charge is 0.483 e. The standard InChI is InChI=1S/C9H6F3NO.CH2O2/c10-9(11,12)7-3-1-2-5-6(7)4-13-8(5)14;2-1-3/h1-3H,4H2,(H,13,14);1H,(H,2,3). The number of carbonyl (C=O) groups is 2. The molecule has 17 heavy (non-hydrogen) atoms. The average molecular weight is 247 g/mol. The van der Waals surface area contributed by atoms with Crippen molar-refractivity contribution < 1.29 is 27.9 Å². The van der Waals surface area contributed by atoms with Gasteiger partial charge in [-0.05, 0) is 17.7 Å². The topological polar surface area (TPSA) is 66.4 Å². The molecule has 0 aliphatic carbocycles. The van der Waals surface area contributed by atoms with Crippen LogP contribution < -0.4 is 5.32 Å². The fourth-order valence-corrected chi connectivity index (χ4v) is 1.52. The van der Waals surface area contributed by atoms with E-state index in [-0.39, 0.29) is 24.1 Å². The summed E-state index contributed by atoms with van der Waals surface area (Å²) in [5.41, 5.74) is -0.557. The molecule has 1 heterocycles. The van der Waals surface area contributed by atoms with Gasteiger partial charge < -0.3 is 10.4 Å². The molecule has 2 N–H and O–H groups in total. The van der Waals surface area contributed by atoms with Gasteiger partial charge in [-0.2, -0.15) is 13.2 Å². The lowest BCUT2D eigenvalue weighted by Crippen LogP contribution is -2.12. The number of hydrogen-bond acceptors (Lipinski definition) is 2. The van der Waals surface area contributed by atoms with Crippen molar-refractivity contribution in [3.63, 3.8) is 0 Å². The summed E-state index contributed by atoms with van der Waals surface area (Å²) in [5, 5.41) is 9.25. The Morgan fingerprint density at radius 2 is 1.94 bits per heavy atom. The average Bonchev–Trinajstić information content (AvgIpc) is 2.60. The summed E-state index contributed by atoms with van der Waals surface area (Å²) in [6.45, 7) is -0.288. The van der Waals surface area contributed by atoms with E-state index in [2.05, 4.69) is 5.32 Å². The van der Waals surface area contributed by atoms with Gasteiger partial charge in [-0.25, -0.2) is 0 Å². The Kier molecular flexibility index (Phi) is 3.72. The number of amides is 1. The van der Waals surface area contributed by atoms with Crippen LogP contribution in [0, 0.1) is 0 Å². The zero-order valence-electron chi connectivity index (χ0n) is 8.41. The Morgan fingerprint density at radius 3 is 2.47 bits per heavy atom. The molecule has 0 saturated carbocycles. The van der Waals surface area contributed by atoms with E-state index in [4.69, 9.17) is 9.90 Å². The molecule has 1 aliphatic rings. The van der Waals surface area contributed by atoms with Gasteiger partial charge in [0.05, 0.1) is 5.56 Å². The minimum atomic E-state index is -4.39. The molecule has 92 valence electrons. The van der Waals surface area contributed by atoms with Gasteiger partial charge in [-0.15, -0.1) is 0 Å². The van der Waals surface area contributed by atoms with Crippen LogP contribution in [0.4, 0.5) is 13.2 Å². The molecule has 2 rings (SSSR count). The highest BCUT2D eigenvalue weighted by Gasteiger charge is 2.36. The maximum atomic E-state index is 12.4. The smallest absolute Gasteiger partial charge is 0.416 e. The number of alkyl halides is 3. The van der Waals surface area contributed by atoms with Crippen LogP contribution in [0.1, 0.15) is 21.5 Å². The molecule has 1 aliphatic heterocycles. The summed E-state index contributed by atoms with van der Waals surface area (Å²) in [4.78, 5) is 19.4. The van der Waals surface area contributed by atoms with Gasteiger partial charge in [-0.3, -0.25) is 9.59 Å². The first-order chi connectivity index (χ1) is 7.91. The maximum absolute atomic E-state index is 12.4. The number of carboxylic acid groups (broad SMARTS) is 1. The molecule has 1 amide bonds. The van der Waals surface area contributed by atoms with Crippen LogP contribution >= 0.6 is 0 Å². The first-order valence-electron chi connectivity index (χ1n) is 4.47. The predicted molar refractivity (Wildman–Crippen MR) is 51.3 cm³/mol. The lowest BCUT2D eigenvalue weighted by Gasteiger charge is -2.09. The minimum Gasteiger partial charge on any atom is -0.483 e. The van der Waals surface area contributed by atoms with Gasteiger partial charge in [0, 0.05) is 12.1 Å². The van der Waals surface area contributed by atoms with Crippen molar-refractivity contribution in [3.05, 3.63) is 34.9 Å². The molecule has 4 nitrogen and oxygen atoms in total. The lowest BCUT2D eigenvalue weighted by atomic mass is 10.0. The molecule has 0 aromatic heterocycles. The van der Waals surface area contributed by atoms with E-state index >= 15 is 0 Å². The van der Waals surface area contributed by atoms with Gasteiger partial charge in [0.1, 0.15) is 0 Å². The minimum absolute atomic E-state index is 0.0378. The summed E-state index contributed by atoms with van der Waals surface area (Å²) in [6.07, 6.45) is -4.39. The van der Waals surface area contributed by atoms with Crippen LogP contribution in [0.2, 0.25) is 0 Å². The van der Waals surface area contributed by atoms with Crippen molar-refractivity contribution in [2.24, 2.45) is 0 Å². The van der Waals surface area contributed by atoms with Gasteiger partial charge in [0.25, 0.3) is 12.4 Å². The second-order valence-corrected chi connectivity index (χ2v) is 3.12. The third kappa shape index (κ3) is 2.74. The fourth-order valence-electron chi connectivity index (χ4n) is 1.52. The zero-order chi connectivity index (χ0) is 13.1. The highest BCUT2D eigenvalue weighted by atomic mass is 19.4. The van der Waals surface area contributed by atoms with E-state index in [0.29, 0.717) is 0 Å². The Hall–Kier alpha value is -2.05. The van der Waals surface area contributed by atoms with E-state index in [0.717, 1.165) is 6.07 Å². The van der Waals surface area contributed by atoms with Crippen LogP contribution in [0.25, 0.3) is 0 Å². The van der Waals surface area contributed by atoms with Crippen LogP contribution in [0.5, 0.6) is 0 Å². The lowest BCUT2D eigenvalue weighted by molar-refractivity contribution is -0.138. The molecule has 0 bridgehead atoms. The normalized spacial score (nSPS) is 13.2. The Balaban J connectivity index is 0.000000437. The maximum Gasteiger partial charge on any atom is 0.416 e. The molecule has 0 atom stereocenters. The van der Waals surface area contributed by atoms with E-state index in [1.54, 1.807) is 0 Å². The SMILES string of the molecule is O=C1NCc2c1cccc2C(F)(F)F.O=CO. The van der Waals surface area contributed by atoms with E-state index < -0.39 is 17.6 Å². The van der Waals surface area contributed by atoms with Crippen LogP contribution in [-0.2, 0) is 17.5 Å². The van der Waals surface area contributed by atoms with Gasteiger partial charge in [-0.1, -0.05) is 6.07 Å². The quantitative estimate of drug-likeness (QED) is 0.685. The predicted octanol–water partition coefficient (Wildman–Crippen LogP) is 1.65. The highest BCUT2D eigenvalue weighted by molar-refractivity contribution is 5.98. The molecular formula is C10H8F3NO3. The first kappa shape index (κ1) is 13.0. The van der Waals surface area contributed by atoms with Crippen molar-refractivity contribution in [2.45, 2.75) is 12.7 Å². The Morgan fingerprint density at radius 1 is 1.35 bits per heavy atom. The third-order valence-electron chi connectivity index (χ3n) is 2.15. The number of rotatable bonds is 0. The molecule has 0 spiro atoms. The van der Waals surface area contributed by atoms with Crippen LogP contribution in [0.15, 0.2) is 18.2 Å². The van der Waals surface area contributed by atoms with E-state index in [1.165, 1.54) is 12.1 Å². The number of carbonyl (C=O) groups excluding carboxylic acids is 1. The summed E-state index contributed by atoms with van der Waals surface area (Å²) >= 11 is 0. The summed E-state index contributed by atoms with van der Waals surface area (Å²) in [5.74, 6) is -0.439. The Bertz CT molecular complexity index is 443. The molecule has 7 heteroatoms. The molecular weight excluding hydrogens is 239 g/mol. The molecule has 1 aromatic rings. The molecule has 0 saturated heterocycles. The van der Waals surface area contributed by atoms with Crippen molar-refractivity contribution >= 4 is 12.4 Å². The molecule has 0 radical (unpaired) electrons. The number of halogens is 3. The van der Waals surface area contributed by atoms with E-state index in [1.807, 2.05) is 0 Å². The molecule has 0 fully saturated rings. The monoisotopic (exact) mass is 247 g/mol. The van der Waals surface area contributed by atoms with Crippen molar-refractivity contribution in [2.75, 3.05) is 0 Å². The number of fused-ring (bicyclic) bond motifs is 1.